The van der Waals surface area contributed by atoms with Crippen molar-refractivity contribution < 1.29 is 9.53 Å². The van der Waals surface area contributed by atoms with Gasteiger partial charge in [-0.05, 0) is 55.3 Å². The van der Waals surface area contributed by atoms with Crippen molar-refractivity contribution in [3.05, 3.63) is 60.8 Å². The van der Waals surface area contributed by atoms with Gasteiger partial charge in [-0.2, -0.15) is 0 Å². The van der Waals surface area contributed by atoms with Crippen molar-refractivity contribution in [1.82, 2.24) is 9.97 Å². The molecule has 2 heterocycles. The van der Waals surface area contributed by atoms with Gasteiger partial charge in [-0.15, -0.1) is 0 Å². The van der Waals surface area contributed by atoms with E-state index in [0.29, 0.717) is 5.95 Å². The standard InChI is InChI=1S/C25H27N5O2/c1-25(11-12-25)23(31)27-19-4-2-18(3-5-19)22-10-13-26-24(29-22)28-20-6-8-21(9-7-20)30-14-16-32-17-15-30/h2-10,13H,11-12,14-17H2,1H3,(H,27,31)(H,26,28,29). The SMILES string of the molecule is CC1(C(=O)Nc2ccc(-c3ccnc(Nc4ccc(N5CCOCC5)cc4)n3)cc2)CC1. The van der Waals surface area contributed by atoms with Gasteiger partial charge in [0.1, 0.15) is 0 Å². The molecular formula is C25H27N5O2. The molecule has 2 N–H and O–H groups in total. The molecule has 0 atom stereocenters. The molecule has 1 saturated carbocycles. The van der Waals surface area contributed by atoms with Crippen molar-refractivity contribution in [3.63, 3.8) is 0 Å². The van der Waals surface area contributed by atoms with E-state index in [4.69, 9.17) is 4.74 Å². The Morgan fingerprint density at radius 2 is 1.66 bits per heavy atom. The number of amides is 1. The molecule has 0 unspecified atom stereocenters. The summed E-state index contributed by atoms with van der Waals surface area (Å²) in [6, 6.07) is 17.9. The van der Waals surface area contributed by atoms with Crippen LogP contribution in [0.4, 0.5) is 23.0 Å². The van der Waals surface area contributed by atoms with E-state index in [1.165, 1.54) is 5.69 Å². The Hall–Kier alpha value is -3.45. The molecule has 2 aliphatic rings. The van der Waals surface area contributed by atoms with E-state index in [2.05, 4.69) is 37.6 Å². The van der Waals surface area contributed by atoms with Crippen molar-refractivity contribution in [1.29, 1.82) is 0 Å². The van der Waals surface area contributed by atoms with Gasteiger partial charge in [-0.3, -0.25) is 4.79 Å². The van der Waals surface area contributed by atoms with Crippen LogP contribution in [-0.2, 0) is 9.53 Å². The van der Waals surface area contributed by atoms with Crippen LogP contribution in [0.1, 0.15) is 19.8 Å². The van der Waals surface area contributed by atoms with E-state index in [9.17, 15) is 4.79 Å². The summed E-state index contributed by atoms with van der Waals surface area (Å²) in [6.07, 6.45) is 3.67. The number of ether oxygens (including phenoxy) is 1. The van der Waals surface area contributed by atoms with Gasteiger partial charge in [0.25, 0.3) is 0 Å². The fraction of sp³-hybridized carbons (Fsp3) is 0.320. The molecule has 0 bridgehead atoms. The van der Waals surface area contributed by atoms with Crippen LogP contribution in [0.3, 0.4) is 0 Å². The second-order valence-electron chi connectivity index (χ2n) is 8.63. The Morgan fingerprint density at radius 3 is 2.34 bits per heavy atom. The number of aromatic nitrogens is 2. The monoisotopic (exact) mass is 429 g/mol. The van der Waals surface area contributed by atoms with Crippen LogP contribution in [-0.4, -0.2) is 42.2 Å². The topological polar surface area (TPSA) is 79.4 Å². The first kappa shape index (κ1) is 20.5. The fourth-order valence-corrected chi connectivity index (χ4v) is 3.71. The van der Waals surface area contributed by atoms with Gasteiger partial charge >= 0.3 is 0 Å². The van der Waals surface area contributed by atoms with E-state index in [0.717, 1.165) is 61.8 Å². The molecular weight excluding hydrogens is 402 g/mol. The fourth-order valence-electron chi connectivity index (χ4n) is 3.71. The largest absolute Gasteiger partial charge is 0.378 e. The highest BCUT2D eigenvalue weighted by atomic mass is 16.5. The minimum absolute atomic E-state index is 0.0958. The molecule has 0 radical (unpaired) electrons. The normalized spacial score (nSPS) is 17.0. The van der Waals surface area contributed by atoms with Crippen molar-refractivity contribution in [3.8, 4) is 11.3 Å². The number of benzene rings is 2. The molecule has 164 valence electrons. The maximum Gasteiger partial charge on any atom is 0.230 e. The Kier molecular flexibility index (Phi) is 5.49. The molecule has 7 heteroatoms. The predicted octanol–water partition coefficient (Wildman–Crippen LogP) is 4.46. The van der Waals surface area contributed by atoms with Crippen LogP contribution >= 0.6 is 0 Å². The van der Waals surface area contributed by atoms with Gasteiger partial charge in [0.05, 0.1) is 18.9 Å². The number of anilines is 4. The van der Waals surface area contributed by atoms with Gasteiger partial charge in [-0.25, -0.2) is 9.97 Å². The Morgan fingerprint density at radius 1 is 0.969 bits per heavy atom. The first-order valence-corrected chi connectivity index (χ1v) is 11.0. The number of carbonyl (C=O) groups excluding carboxylic acids is 1. The Balaban J connectivity index is 1.24. The molecule has 2 fully saturated rings. The van der Waals surface area contributed by atoms with E-state index >= 15 is 0 Å². The zero-order valence-corrected chi connectivity index (χ0v) is 18.2. The van der Waals surface area contributed by atoms with Crippen molar-refractivity contribution in [2.24, 2.45) is 5.41 Å². The summed E-state index contributed by atoms with van der Waals surface area (Å²) >= 11 is 0. The van der Waals surface area contributed by atoms with E-state index in [1.807, 2.05) is 49.4 Å². The Bertz CT molecular complexity index is 1090. The molecule has 1 aliphatic carbocycles. The maximum atomic E-state index is 12.2. The number of rotatable bonds is 6. The lowest BCUT2D eigenvalue weighted by Gasteiger charge is -2.28. The smallest absolute Gasteiger partial charge is 0.230 e. The van der Waals surface area contributed by atoms with Gasteiger partial charge in [0, 0.05) is 47.3 Å². The summed E-state index contributed by atoms with van der Waals surface area (Å²) in [6.45, 7) is 5.38. The zero-order chi connectivity index (χ0) is 22.0. The molecule has 0 spiro atoms. The lowest BCUT2D eigenvalue weighted by atomic mass is 10.1. The van der Waals surface area contributed by atoms with Crippen LogP contribution in [0.25, 0.3) is 11.3 Å². The summed E-state index contributed by atoms with van der Waals surface area (Å²) in [5.41, 5.74) is 4.53. The molecule has 1 aromatic heterocycles. The van der Waals surface area contributed by atoms with E-state index in [-0.39, 0.29) is 11.3 Å². The highest BCUT2D eigenvalue weighted by Gasteiger charge is 2.44. The zero-order valence-electron chi connectivity index (χ0n) is 18.2. The minimum atomic E-state index is -0.188. The lowest BCUT2D eigenvalue weighted by molar-refractivity contribution is -0.120. The number of morpholine rings is 1. The van der Waals surface area contributed by atoms with Crippen LogP contribution < -0.4 is 15.5 Å². The third kappa shape index (κ3) is 4.57. The summed E-state index contributed by atoms with van der Waals surface area (Å²) in [4.78, 5) is 23.6. The third-order valence-electron chi connectivity index (χ3n) is 6.14. The van der Waals surface area contributed by atoms with E-state index in [1.54, 1.807) is 6.20 Å². The van der Waals surface area contributed by atoms with Crippen LogP contribution in [0, 0.1) is 5.41 Å². The number of hydrogen-bond acceptors (Lipinski definition) is 6. The number of nitrogens with one attached hydrogen (secondary N) is 2. The molecule has 3 aromatic rings. The number of carbonyl (C=O) groups is 1. The van der Waals surface area contributed by atoms with Crippen LogP contribution in [0.5, 0.6) is 0 Å². The van der Waals surface area contributed by atoms with Gasteiger partial charge < -0.3 is 20.3 Å². The van der Waals surface area contributed by atoms with Crippen molar-refractivity contribution in [2.45, 2.75) is 19.8 Å². The number of hydrogen-bond donors (Lipinski definition) is 2. The van der Waals surface area contributed by atoms with Gasteiger partial charge in [0.2, 0.25) is 11.9 Å². The highest BCUT2D eigenvalue weighted by molar-refractivity contribution is 5.97. The first-order valence-electron chi connectivity index (χ1n) is 11.0. The highest BCUT2D eigenvalue weighted by Crippen LogP contribution is 2.45. The lowest BCUT2D eigenvalue weighted by Crippen LogP contribution is -2.36. The second kappa shape index (κ2) is 8.59. The summed E-state index contributed by atoms with van der Waals surface area (Å²) in [5, 5.41) is 6.28. The van der Waals surface area contributed by atoms with Gasteiger partial charge in [-0.1, -0.05) is 19.1 Å². The molecule has 5 rings (SSSR count). The molecule has 1 aliphatic heterocycles. The van der Waals surface area contributed by atoms with Gasteiger partial charge in [0.15, 0.2) is 0 Å². The van der Waals surface area contributed by atoms with E-state index < -0.39 is 0 Å². The molecule has 2 aromatic carbocycles. The number of nitrogens with zero attached hydrogens (tertiary/aromatic N) is 3. The van der Waals surface area contributed by atoms with Crippen molar-refractivity contribution in [2.75, 3.05) is 41.8 Å². The molecule has 1 saturated heterocycles. The van der Waals surface area contributed by atoms with Crippen LogP contribution in [0.2, 0.25) is 0 Å². The quantitative estimate of drug-likeness (QED) is 0.602. The summed E-state index contributed by atoms with van der Waals surface area (Å²) in [5.74, 6) is 0.638. The first-order chi connectivity index (χ1) is 15.6. The second-order valence-corrected chi connectivity index (χ2v) is 8.63. The summed E-state index contributed by atoms with van der Waals surface area (Å²) < 4.78 is 5.42. The molecule has 7 nitrogen and oxygen atoms in total. The third-order valence-corrected chi connectivity index (χ3v) is 6.14. The minimum Gasteiger partial charge on any atom is -0.378 e. The summed E-state index contributed by atoms with van der Waals surface area (Å²) in [7, 11) is 0. The average Bonchev–Trinajstić information content (AvgIpc) is 3.59. The van der Waals surface area contributed by atoms with Crippen molar-refractivity contribution >= 4 is 28.9 Å². The Labute approximate surface area is 187 Å². The molecule has 1 amide bonds. The predicted molar refractivity (Wildman–Crippen MR) is 126 cm³/mol. The van der Waals surface area contributed by atoms with Crippen LogP contribution in [0.15, 0.2) is 60.8 Å². The molecule has 32 heavy (non-hydrogen) atoms. The average molecular weight is 430 g/mol. The maximum absolute atomic E-state index is 12.2.